The van der Waals surface area contributed by atoms with Crippen LogP contribution in [0.25, 0.3) is 0 Å². The van der Waals surface area contributed by atoms with Crippen molar-refractivity contribution < 1.29 is 0 Å². The predicted octanol–water partition coefficient (Wildman–Crippen LogP) is 2.74. The van der Waals surface area contributed by atoms with E-state index in [0.29, 0.717) is 5.88 Å². The van der Waals surface area contributed by atoms with Crippen molar-refractivity contribution in [1.29, 1.82) is 0 Å². The van der Waals surface area contributed by atoms with Crippen molar-refractivity contribution in [2.75, 3.05) is 31.6 Å². The highest BCUT2D eigenvalue weighted by Crippen LogP contribution is 2.33. The predicted molar refractivity (Wildman–Crippen MR) is 79.8 cm³/mol. The molecule has 3 rings (SSSR count). The summed E-state index contributed by atoms with van der Waals surface area (Å²) >= 11 is 6.04. The van der Waals surface area contributed by atoms with Crippen LogP contribution in [0.4, 0.5) is 5.69 Å². The fourth-order valence-electron chi connectivity index (χ4n) is 3.70. The van der Waals surface area contributed by atoms with E-state index in [1.54, 1.807) is 0 Å². The van der Waals surface area contributed by atoms with Crippen molar-refractivity contribution in [2.45, 2.75) is 31.2 Å². The third-order valence-corrected chi connectivity index (χ3v) is 5.00. The summed E-state index contributed by atoms with van der Waals surface area (Å²) in [5.41, 5.74) is 2.45. The largest absolute Gasteiger partial charge is 0.371 e. The van der Waals surface area contributed by atoms with Gasteiger partial charge in [-0.05, 0) is 44.8 Å². The number of hydrogen-bond acceptors (Lipinski definition) is 3. The molecule has 1 aromatic rings. The Bertz CT molecular complexity index is 437. The van der Waals surface area contributed by atoms with Gasteiger partial charge in [0.15, 0.2) is 0 Å². The number of halogens is 1. The second-order valence-electron chi connectivity index (χ2n) is 5.82. The fraction of sp³-hybridized carbons (Fsp3) is 0.667. The van der Waals surface area contributed by atoms with Crippen LogP contribution in [-0.4, -0.2) is 42.6 Å². The first-order chi connectivity index (χ1) is 9.29. The van der Waals surface area contributed by atoms with Gasteiger partial charge in [0.05, 0.1) is 5.88 Å². The van der Waals surface area contributed by atoms with Crippen LogP contribution in [0.3, 0.4) is 0 Å². The van der Waals surface area contributed by atoms with Gasteiger partial charge in [0.25, 0.3) is 0 Å². The quantitative estimate of drug-likeness (QED) is 0.776. The number of pyridine rings is 1. The number of nitrogens with zero attached hydrogens (tertiary/aromatic N) is 3. The van der Waals surface area contributed by atoms with Crippen molar-refractivity contribution >= 4 is 17.3 Å². The summed E-state index contributed by atoms with van der Waals surface area (Å²) in [4.78, 5) is 9.25. The molecule has 0 radical (unpaired) electrons. The summed E-state index contributed by atoms with van der Waals surface area (Å²) in [7, 11) is 2.28. The Hall–Kier alpha value is -0.800. The van der Waals surface area contributed by atoms with Gasteiger partial charge < -0.3 is 9.80 Å². The number of aromatic nitrogens is 1. The van der Waals surface area contributed by atoms with Gasteiger partial charge in [0, 0.05) is 42.8 Å². The Balaban J connectivity index is 1.77. The summed E-state index contributed by atoms with van der Waals surface area (Å²) in [6.45, 7) is 3.58. The van der Waals surface area contributed by atoms with Crippen LogP contribution in [0.15, 0.2) is 18.5 Å². The molecule has 2 fully saturated rings. The smallest absolute Gasteiger partial charge is 0.0509 e. The average molecular weight is 280 g/mol. The highest BCUT2D eigenvalue weighted by atomic mass is 35.5. The molecule has 2 aliphatic rings. The number of hydrogen-bond donors (Lipinski definition) is 0. The molecule has 0 aliphatic carbocycles. The van der Waals surface area contributed by atoms with E-state index < -0.39 is 0 Å². The monoisotopic (exact) mass is 279 g/mol. The fourth-order valence-corrected chi connectivity index (χ4v) is 3.91. The molecule has 4 heteroatoms. The van der Waals surface area contributed by atoms with Gasteiger partial charge in [-0.25, -0.2) is 0 Å². The van der Waals surface area contributed by atoms with Gasteiger partial charge in [-0.1, -0.05) is 0 Å². The molecule has 2 saturated heterocycles. The van der Waals surface area contributed by atoms with Crippen LogP contribution in [0, 0.1) is 5.92 Å². The van der Waals surface area contributed by atoms with Crippen LogP contribution in [0.1, 0.15) is 24.8 Å². The first kappa shape index (κ1) is 13.2. The first-order valence-electron chi connectivity index (χ1n) is 7.23. The Morgan fingerprint density at radius 1 is 1.37 bits per heavy atom. The molecule has 2 aliphatic heterocycles. The van der Waals surface area contributed by atoms with E-state index in [-0.39, 0.29) is 0 Å². The lowest BCUT2D eigenvalue weighted by atomic mass is 9.84. The number of alkyl halides is 1. The lowest BCUT2D eigenvalue weighted by Gasteiger charge is -2.47. The highest BCUT2D eigenvalue weighted by molar-refractivity contribution is 6.17. The number of rotatable bonds is 2. The Morgan fingerprint density at radius 3 is 3.11 bits per heavy atom. The topological polar surface area (TPSA) is 19.4 Å². The molecule has 1 aromatic heterocycles. The molecule has 2 atom stereocenters. The minimum Gasteiger partial charge on any atom is -0.371 e. The van der Waals surface area contributed by atoms with E-state index in [4.69, 9.17) is 11.6 Å². The van der Waals surface area contributed by atoms with E-state index in [1.807, 2.05) is 12.4 Å². The SMILES string of the molecule is CN1CCCC2CN(c3ccncc3CCl)CCC21. The summed E-state index contributed by atoms with van der Waals surface area (Å²) < 4.78 is 0. The number of likely N-dealkylation sites (tertiary alicyclic amines) is 1. The van der Waals surface area contributed by atoms with Gasteiger partial charge in [-0.2, -0.15) is 0 Å². The van der Waals surface area contributed by atoms with E-state index in [1.165, 1.54) is 38.0 Å². The van der Waals surface area contributed by atoms with Gasteiger partial charge in [-0.15, -0.1) is 11.6 Å². The third kappa shape index (κ3) is 2.59. The van der Waals surface area contributed by atoms with Crippen LogP contribution in [0.5, 0.6) is 0 Å². The second-order valence-corrected chi connectivity index (χ2v) is 6.09. The molecule has 0 bridgehead atoms. The van der Waals surface area contributed by atoms with Crippen LogP contribution in [-0.2, 0) is 5.88 Å². The number of fused-ring (bicyclic) bond motifs is 1. The molecule has 2 unspecified atom stereocenters. The zero-order valence-corrected chi connectivity index (χ0v) is 12.3. The Labute approximate surface area is 120 Å². The van der Waals surface area contributed by atoms with Crippen molar-refractivity contribution in [3.63, 3.8) is 0 Å². The van der Waals surface area contributed by atoms with E-state index in [0.717, 1.165) is 24.1 Å². The molecule has 3 nitrogen and oxygen atoms in total. The molecule has 19 heavy (non-hydrogen) atoms. The zero-order valence-electron chi connectivity index (χ0n) is 11.6. The summed E-state index contributed by atoms with van der Waals surface area (Å²) in [6, 6.07) is 2.90. The van der Waals surface area contributed by atoms with Crippen LogP contribution >= 0.6 is 11.6 Å². The summed E-state index contributed by atoms with van der Waals surface area (Å²) in [5, 5.41) is 0. The molecule has 0 N–H and O–H groups in total. The molecule has 0 saturated carbocycles. The van der Waals surface area contributed by atoms with Crippen LogP contribution < -0.4 is 4.90 Å². The molecular formula is C15H22ClN3. The number of anilines is 1. The Kier molecular flexibility index (Phi) is 3.94. The molecular weight excluding hydrogens is 258 g/mol. The molecule has 104 valence electrons. The van der Waals surface area contributed by atoms with Crippen molar-refractivity contribution in [2.24, 2.45) is 5.92 Å². The normalized spacial score (nSPS) is 28.2. The standard InChI is InChI=1S/C15H22ClN3/c1-18-7-2-3-12-11-19(8-5-14(12)18)15-4-6-17-10-13(15)9-16/h4,6,10,12,14H,2-3,5,7-9,11H2,1H3. The minimum absolute atomic E-state index is 0.549. The third-order valence-electron chi connectivity index (χ3n) is 4.71. The lowest BCUT2D eigenvalue weighted by molar-refractivity contribution is 0.102. The van der Waals surface area contributed by atoms with E-state index >= 15 is 0 Å². The van der Waals surface area contributed by atoms with Crippen molar-refractivity contribution in [1.82, 2.24) is 9.88 Å². The maximum Gasteiger partial charge on any atom is 0.0509 e. The van der Waals surface area contributed by atoms with E-state index in [2.05, 4.69) is 27.9 Å². The molecule has 3 heterocycles. The molecule has 0 spiro atoms. The van der Waals surface area contributed by atoms with Crippen LogP contribution in [0.2, 0.25) is 0 Å². The first-order valence-corrected chi connectivity index (χ1v) is 7.77. The summed E-state index contributed by atoms with van der Waals surface area (Å²) in [5.74, 6) is 1.36. The van der Waals surface area contributed by atoms with Gasteiger partial charge in [0.1, 0.15) is 0 Å². The van der Waals surface area contributed by atoms with Crippen molar-refractivity contribution in [3.05, 3.63) is 24.0 Å². The maximum atomic E-state index is 6.04. The lowest BCUT2D eigenvalue weighted by Crippen LogP contribution is -2.52. The number of piperidine rings is 2. The highest BCUT2D eigenvalue weighted by Gasteiger charge is 2.34. The maximum absolute atomic E-state index is 6.04. The van der Waals surface area contributed by atoms with E-state index in [9.17, 15) is 0 Å². The van der Waals surface area contributed by atoms with Gasteiger partial charge >= 0.3 is 0 Å². The van der Waals surface area contributed by atoms with Crippen molar-refractivity contribution in [3.8, 4) is 0 Å². The Morgan fingerprint density at radius 2 is 2.26 bits per heavy atom. The van der Waals surface area contributed by atoms with Gasteiger partial charge in [-0.3, -0.25) is 4.98 Å². The second kappa shape index (κ2) is 5.68. The zero-order chi connectivity index (χ0) is 13.2. The minimum atomic E-state index is 0.549. The summed E-state index contributed by atoms with van der Waals surface area (Å²) in [6.07, 6.45) is 7.76. The molecule has 0 amide bonds. The average Bonchev–Trinajstić information content (AvgIpc) is 2.47. The molecule has 0 aromatic carbocycles. The van der Waals surface area contributed by atoms with Gasteiger partial charge in [0.2, 0.25) is 0 Å².